The van der Waals surface area contributed by atoms with Gasteiger partial charge in [-0.25, -0.2) is 4.98 Å². The number of piperidine rings is 1. The molecule has 3 heterocycles. The van der Waals surface area contributed by atoms with Gasteiger partial charge in [-0.05, 0) is 30.0 Å². The Hall–Kier alpha value is -1.42. The molecule has 114 valence electrons. The van der Waals surface area contributed by atoms with E-state index in [0.29, 0.717) is 11.8 Å². The Labute approximate surface area is 135 Å². The lowest BCUT2D eigenvalue weighted by atomic mass is 9.84. The Bertz CT molecular complexity index is 666. The van der Waals surface area contributed by atoms with Crippen LogP contribution in [-0.2, 0) is 23.5 Å². The second-order valence-electron chi connectivity index (χ2n) is 6.21. The molecule has 0 amide bonds. The van der Waals surface area contributed by atoms with E-state index in [1.807, 2.05) is 12.3 Å². The zero-order valence-electron chi connectivity index (χ0n) is 12.5. The van der Waals surface area contributed by atoms with Crippen molar-refractivity contribution in [1.29, 1.82) is 0 Å². The van der Waals surface area contributed by atoms with Crippen LogP contribution < -0.4 is 0 Å². The van der Waals surface area contributed by atoms with Crippen molar-refractivity contribution < 1.29 is 4.74 Å². The lowest BCUT2D eigenvalue weighted by Crippen LogP contribution is -2.42. The molecule has 1 fully saturated rings. The fourth-order valence-corrected chi connectivity index (χ4v) is 3.78. The van der Waals surface area contributed by atoms with Gasteiger partial charge in [-0.3, -0.25) is 4.90 Å². The van der Waals surface area contributed by atoms with Gasteiger partial charge in [-0.2, -0.15) is 0 Å². The summed E-state index contributed by atoms with van der Waals surface area (Å²) in [5.74, 6) is 0. The van der Waals surface area contributed by atoms with Gasteiger partial charge in [0.15, 0.2) is 0 Å². The Morgan fingerprint density at radius 2 is 1.95 bits per heavy atom. The minimum Gasteiger partial charge on any atom is -0.365 e. The van der Waals surface area contributed by atoms with Crippen LogP contribution in [0.1, 0.15) is 29.5 Å². The van der Waals surface area contributed by atoms with Crippen molar-refractivity contribution in [3.8, 4) is 0 Å². The van der Waals surface area contributed by atoms with Gasteiger partial charge < -0.3 is 4.74 Å². The topological polar surface area (TPSA) is 25.4 Å². The molecule has 2 aliphatic heterocycles. The molecule has 1 saturated heterocycles. The maximum Gasteiger partial charge on any atom is 0.129 e. The molecule has 0 atom stereocenters. The number of benzene rings is 1. The van der Waals surface area contributed by atoms with E-state index in [0.717, 1.165) is 32.5 Å². The van der Waals surface area contributed by atoms with Crippen molar-refractivity contribution in [2.45, 2.75) is 31.6 Å². The maximum atomic E-state index is 6.18. The van der Waals surface area contributed by atoms with Crippen LogP contribution >= 0.6 is 11.6 Å². The van der Waals surface area contributed by atoms with E-state index in [1.54, 1.807) is 0 Å². The number of fused-ring (bicyclic) bond motifs is 2. The van der Waals surface area contributed by atoms with Gasteiger partial charge in [0, 0.05) is 31.4 Å². The summed E-state index contributed by atoms with van der Waals surface area (Å²) < 4.78 is 6.18. The Kier molecular flexibility index (Phi) is 3.65. The highest BCUT2D eigenvalue weighted by molar-refractivity contribution is 6.29. The standard InChI is InChI=1S/C18H19ClN2O/c19-17-10-16-15(11-20-17)13-22-18(16)6-8-21(9-7-18)12-14-4-2-1-3-5-14/h1-5,10-11H,6-9,12-13H2. The summed E-state index contributed by atoms with van der Waals surface area (Å²) in [4.78, 5) is 6.68. The second-order valence-corrected chi connectivity index (χ2v) is 6.60. The quantitative estimate of drug-likeness (QED) is 0.789. The molecule has 2 aliphatic rings. The summed E-state index contributed by atoms with van der Waals surface area (Å²) in [6.45, 7) is 3.78. The van der Waals surface area contributed by atoms with Crippen LogP contribution in [0.15, 0.2) is 42.6 Å². The Morgan fingerprint density at radius 3 is 2.73 bits per heavy atom. The largest absolute Gasteiger partial charge is 0.365 e. The first-order valence-corrected chi connectivity index (χ1v) is 8.18. The summed E-state index contributed by atoms with van der Waals surface area (Å²) in [6.07, 6.45) is 3.91. The van der Waals surface area contributed by atoms with Gasteiger partial charge in [0.25, 0.3) is 0 Å². The van der Waals surface area contributed by atoms with Crippen molar-refractivity contribution in [2.24, 2.45) is 0 Å². The van der Waals surface area contributed by atoms with Gasteiger partial charge in [-0.1, -0.05) is 41.9 Å². The third-order valence-electron chi connectivity index (χ3n) is 4.86. The fourth-order valence-electron chi connectivity index (χ4n) is 3.62. The zero-order chi connectivity index (χ0) is 15.0. The van der Waals surface area contributed by atoms with E-state index in [4.69, 9.17) is 16.3 Å². The molecule has 0 radical (unpaired) electrons. The summed E-state index contributed by atoms with van der Waals surface area (Å²) in [5.41, 5.74) is 3.68. The van der Waals surface area contributed by atoms with Gasteiger partial charge in [0.1, 0.15) is 5.15 Å². The number of hydrogen-bond donors (Lipinski definition) is 0. The van der Waals surface area contributed by atoms with Crippen LogP contribution in [0.3, 0.4) is 0 Å². The molecule has 2 aromatic rings. The summed E-state index contributed by atoms with van der Waals surface area (Å²) in [5, 5.41) is 0.565. The lowest BCUT2D eigenvalue weighted by molar-refractivity contribution is -0.0799. The number of hydrogen-bond acceptors (Lipinski definition) is 3. The molecule has 4 heteroatoms. The number of nitrogens with zero attached hydrogens (tertiary/aromatic N) is 2. The molecule has 4 rings (SSSR count). The van der Waals surface area contributed by atoms with E-state index < -0.39 is 0 Å². The van der Waals surface area contributed by atoms with Gasteiger partial charge in [-0.15, -0.1) is 0 Å². The Morgan fingerprint density at radius 1 is 1.18 bits per heavy atom. The molecule has 1 aromatic carbocycles. The number of pyridine rings is 1. The van der Waals surface area contributed by atoms with Crippen LogP contribution in [0.5, 0.6) is 0 Å². The molecular weight excluding hydrogens is 296 g/mol. The first-order valence-electron chi connectivity index (χ1n) is 7.80. The fraction of sp³-hybridized carbons (Fsp3) is 0.389. The molecule has 0 saturated carbocycles. The highest BCUT2D eigenvalue weighted by Gasteiger charge is 2.42. The molecule has 3 nitrogen and oxygen atoms in total. The van der Waals surface area contributed by atoms with Gasteiger partial charge in [0.05, 0.1) is 12.2 Å². The van der Waals surface area contributed by atoms with Crippen molar-refractivity contribution in [3.63, 3.8) is 0 Å². The van der Waals surface area contributed by atoms with Crippen LogP contribution in [0.2, 0.25) is 5.15 Å². The summed E-state index contributed by atoms with van der Waals surface area (Å²) in [7, 11) is 0. The SMILES string of the molecule is Clc1cc2c(cn1)COC21CCN(Cc2ccccc2)CC1. The minimum absolute atomic E-state index is 0.144. The maximum absolute atomic E-state index is 6.18. The van der Waals surface area contributed by atoms with E-state index in [9.17, 15) is 0 Å². The third kappa shape index (κ3) is 2.54. The van der Waals surface area contributed by atoms with E-state index in [1.165, 1.54) is 16.7 Å². The number of rotatable bonds is 2. The molecule has 0 N–H and O–H groups in total. The minimum atomic E-state index is -0.144. The average Bonchev–Trinajstić information content (AvgIpc) is 2.89. The van der Waals surface area contributed by atoms with Crippen molar-refractivity contribution >= 4 is 11.6 Å². The molecule has 1 spiro atoms. The number of aromatic nitrogens is 1. The van der Waals surface area contributed by atoms with E-state index in [-0.39, 0.29) is 5.60 Å². The van der Waals surface area contributed by atoms with Crippen LogP contribution in [-0.4, -0.2) is 23.0 Å². The monoisotopic (exact) mass is 314 g/mol. The van der Waals surface area contributed by atoms with Crippen LogP contribution in [0.4, 0.5) is 0 Å². The average molecular weight is 315 g/mol. The van der Waals surface area contributed by atoms with Crippen LogP contribution in [0.25, 0.3) is 0 Å². The number of ether oxygens (including phenoxy) is 1. The lowest BCUT2D eigenvalue weighted by Gasteiger charge is -2.39. The predicted octanol–water partition coefficient (Wildman–Crippen LogP) is 3.76. The second kappa shape index (κ2) is 5.65. The normalized spacial score (nSPS) is 20.2. The Balaban J connectivity index is 1.48. The van der Waals surface area contributed by atoms with Gasteiger partial charge >= 0.3 is 0 Å². The molecule has 1 aromatic heterocycles. The third-order valence-corrected chi connectivity index (χ3v) is 5.07. The highest BCUT2D eigenvalue weighted by atomic mass is 35.5. The first kappa shape index (κ1) is 14.2. The van der Waals surface area contributed by atoms with Crippen molar-refractivity contribution in [1.82, 2.24) is 9.88 Å². The summed E-state index contributed by atoms with van der Waals surface area (Å²) in [6, 6.07) is 12.7. The molecule has 0 aliphatic carbocycles. The zero-order valence-corrected chi connectivity index (χ0v) is 13.2. The van der Waals surface area contributed by atoms with E-state index >= 15 is 0 Å². The first-order chi connectivity index (χ1) is 10.8. The number of likely N-dealkylation sites (tertiary alicyclic amines) is 1. The highest BCUT2D eigenvalue weighted by Crippen LogP contribution is 2.44. The van der Waals surface area contributed by atoms with Crippen molar-refractivity contribution in [3.05, 3.63) is 64.4 Å². The molecule has 22 heavy (non-hydrogen) atoms. The van der Waals surface area contributed by atoms with Gasteiger partial charge in [0.2, 0.25) is 0 Å². The molecule has 0 bridgehead atoms. The van der Waals surface area contributed by atoms with Crippen LogP contribution in [0, 0.1) is 0 Å². The predicted molar refractivity (Wildman–Crippen MR) is 86.7 cm³/mol. The van der Waals surface area contributed by atoms with E-state index in [2.05, 4.69) is 40.2 Å². The van der Waals surface area contributed by atoms with Crippen molar-refractivity contribution in [2.75, 3.05) is 13.1 Å². The summed E-state index contributed by atoms with van der Waals surface area (Å²) >= 11 is 6.08. The molecular formula is C18H19ClN2O. The number of halogens is 1. The molecule has 0 unspecified atom stereocenters. The smallest absolute Gasteiger partial charge is 0.129 e.